The molecular formula is C22H17F3N8. The molecule has 0 aliphatic rings. The minimum absolute atomic E-state index is 0.332. The molecule has 0 saturated heterocycles. The molecule has 0 radical (unpaired) electrons. The number of anilines is 2. The number of H-pyrrole nitrogens is 1. The molecule has 0 fully saturated rings. The number of alkyl halides is 3. The molecule has 11 heteroatoms. The van der Waals surface area contributed by atoms with Gasteiger partial charge in [0.1, 0.15) is 5.82 Å². The Labute approximate surface area is 186 Å². The zero-order valence-corrected chi connectivity index (χ0v) is 17.1. The number of hydrogen-bond donors (Lipinski definition) is 3. The Kier molecular flexibility index (Phi) is 6.17. The SMILES string of the molecule is N#Cc1ccc(-c2nc(NCCNc3ccc(C(F)(F)F)cn3)ncc2-c2cnc[nH]2)cc1. The van der Waals surface area contributed by atoms with Crippen molar-refractivity contribution in [2.45, 2.75) is 6.18 Å². The number of nitriles is 1. The highest BCUT2D eigenvalue weighted by atomic mass is 19.4. The molecule has 33 heavy (non-hydrogen) atoms. The lowest BCUT2D eigenvalue weighted by Gasteiger charge is -2.12. The average Bonchev–Trinajstić information content (AvgIpc) is 3.36. The third kappa shape index (κ3) is 5.24. The molecule has 0 bridgehead atoms. The van der Waals surface area contributed by atoms with E-state index in [-0.39, 0.29) is 0 Å². The van der Waals surface area contributed by atoms with Crippen LogP contribution in [0.5, 0.6) is 0 Å². The Balaban J connectivity index is 1.45. The molecule has 3 N–H and O–H groups in total. The number of aromatic amines is 1. The predicted octanol–water partition coefficient (Wildman–Crippen LogP) is 4.34. The minimum atomic E-state index is -4.42. The maximum absolute atomic E-state index is 12.6. The lowest BCUT2D eigenvalue weighted by Crippen LogP contribution is -2.16. The van der Waals surface area contributed by atoms with Gasteiger partial charge in [0.05, 0.1) is 41.1 Å². The number of hydrogen-bond acceptors (Lipinski definition) is 7. The number of imidazole rings is 1. The lowest BCUT2D eigenvalue weighted by atomic mass is 10.0. The molecule has 0 aliphatic heterocycles. The first-order valence-corrected chi connectivity index (χ1v) is 9.81. The molecule has 0 spiro atoms. The fraction of sp³-hybridized carbons (Fsp3) is 0.136. The van der Waals surface area contributed by atoms with E-state index in [9.17, 15) is 13.2 Å². The normalized spacial score (nSPS) is 11.1. The summed E-state index contributed by atoms with van der Waals surface area (Å²) in [5, 5.41) is 15.1. The standard InChI is InChI=1S/C22H17F3N8/c23-22(24,25)16-5-6-19(30-10-16)28-7-8-29-21-31-11-17(18-12-27-13-32-18)20(33-21)15-3-1-14(9-26)2-4-15/h1-6,10-13H,7-8H2,(H,27,32)(H,28,30)(H,29,31,33). The number of halogens is 3. The van der Waals surface area contributed by atoms with E-state index in [2.05, 4.69) is 41.6 Å². The molecule has 3 aromatic heterocycles. The van der Waals surface area contributed by atoms with Crippen molar-refractivity contribution in [1.82, 2.24) is 24.9 Å². The Morgan fingerprint density at radius 3 is 2.36 bits per heavy atom. The number of nitrogens with one attached hydrogen (secondary N) is 3. The van der Waals surface area contributed by atoms with Crippen molar-refractivity contribution in [3.05, 3.63) is 72.4 Å². The van der Waals surface area contributed by atoms with E-state index in [0.29, 0.717) is 36.1 Å². The van der Waals surface area contributed by atoms with Gasteiger partial charge in [-0.1, -0.05) is 12.1 Å². The van der Waals surface area contributed by atoms with Gasteiger partial charge in [-0.2, -0.15) is 18.4 Å². The van der Waals surface area contributed by atoms with Crippen LogP contribution >= 0.6 is 0 Å². The van der Waals surface area contributed by atoms with Gasteiger partial charge in [0.2, 0.25) is 5.95 Å². The fourth-order valence-electron chi connectivity index (χ4n) is 3.02. The molecule has 4 aromatic rings. The van der Waals surface area contributed by atoms with Gasteiger partial charge in [-0.25, -0.2) is 19.9 Å². The average molecular weight is 450 g/mol. The third-order valence-corrected chi connectivity index (χ3v) is 4.67. The Morgan fingerprint density at radius 2 is 1.73 bits per heavy atom. The second-order valence-corrected chi connectivity index (χ2v) is 6.89. The molecule has 1 aromatic carbocycles. The first-order valence-electron chi connectivity index (χ1n) is 9.81. The number of benzene rings is 1. The van der Waals surface area contributed by atoms with Gasteiger partial charge in [-0.15, -0.1) is 0 Å². The van der Waals surface area contributed by atoms with Crippen LogP contribution in [-0.2, 0) is 6.18 Å². The van der Waals surface area contributed by atoms with Crippen LogP contribution in [0.2, 0.25) is 0 Å². The molecular weight excluding hydrogens is 433 g/mol. The molecule has 0 atom stereocenters. The van der Waals surface area contributed by atoms with Crippen molar-refractivity contribution in [3.8, 4) is 28.6 Å². The van der Waals surface area contributed by atoms with Gasteiger partial charge < -0.3 is 15.6 Å². The van der Waals surface area contributed by atoms with E-state index < -0.39 is 11.7 Å². The summed E-state index contributed by atoms with van der Waals surface area (Å²) in [5.74, 6) is 0.707. The van der Waals surface area contributed by atoms with Crippen molar-refractivity contribution in [2.75, 3.05) is 23.7 Å². The number of pyridine rings is 1. The second kappa shape index (κ2) is 9.35. The first-order chi connectivity index (χ1) is 15.9. The van der Waals surface area contributed by atoms with E-state index in [1.807, 2.05) is 12.1 Å². The maximum atomic E-state index is 12.6. The molecule has 4 rings (SSSR count). The zero-order valence-electron chi connectivity index (χ0n) is 17.1. The van der Waals surface area contributed by atoms with Crippen LogP contribution < -0.4 is 10.6 Å². The number of nitrogens with zero attached hydrogens (tertiary/aromatic N) is 5. The van der Waals surface area contributed by atoms with E-state index in [1.54, 1.807) is 30.9 Å². The molecule has 166 valence electrons. The highest BCUT2D eigenvalue weighted by Crippen LogP contribution is 2.30. The summed E-state index contributed by atoms with van der Waals surface area (Å²) >= 11 is 0. The molecule has 3 heterocycles. The van der Waals surface area contributed by atoms with Crippen molar-refractivity contribution in [2.24, 2.45) is 0 Å². The van der Waals surface area contributed by atoms with E-state index >= 15 is 0 Å². The second-order valence-electron chi connectivity index (χ2n) is 6.89. The summed E-state index contributed by atoms with van der Waals surface area (Å²) in [5.41, 5.74) is 2.69. The van der Waals surface area contributed by atoms with Crippen molar-refractivity contribution < 1.29 is 13.2 Å². The summed E-state index contributed by atoms with van der Waals surface area (Å²) in [6, 6.07) is 11.4. The maximum Gasteiger partial charge on any atom is 0.417 e. The van der Waals surface area contributed by atoms with Gasteiger partial charge >= 0.3 is 6.18 Å². The number of rotatable bonds is 7. The van der Waals surface area contributed by atoms with Crippen molar-refractivity contribution in [1.29, 1.82) is 5.26 Å². The van der Waals surface area contributed by atoms with Crippen LogP contribution in [0.4, 0.5) is 24.9 Å². The monoisotopic (exact) mass is 450 g/mol. The summed E-state index contributed by atoms with van der Waals surface area (Å²) in [7, 11) is 0. The predicted molar refractivity (Wildman–Crippen MR) is 116 cm³/mol. The van der Waals surface area contributed by atoms with Crippen molar-refractivity contribution >= 4 is 11.8 Å². The number of aromatic nitrogens is 5. The van der Waals surface area contributed by atoms with Crippen LogP contribution in [0.1, 0.15) is 11.1 Å². The Hall–Kier alpha value is -4.46. The quantitative estimate of drug-likeness (QED) is 0.359. The minimum Gasteiger partial charge on any atom is -0.368 e. The van der Waals surface area contributed by atoms with E-state index in [4.69, 9.17) is 5.26 Å². The summed E-state index contributed by atoms with van der Waals surface area (Å²) < 4.78 is 37.9. The summed E-state index contributed by atoms with van der Waals surface area (Å²) in [4.78, 5) is 19.8. The van der Waals surface area contributed by atoms with Crippen LogP contribution in [-0.4, -0.2) is 38.0 Å². The molecule has 8 nitrogen and oxygen atoms in total. The van der Waals surface area contributed by atoms with Gasteiger partial charge in [0.25, 0.3) is 0 Å². The summed E-state index contributed by atoms with van der Waals surface area (Å²) in [6.07, 6.45) is 1.27. The van der Waals surface area contributed by atoms with Crippen molar-refractivity contribution in [3.63, 3.8) is 0 Å². The lowest BCUT2D eigenvalue weighted by molar-refractivity contribution is -0.137. The molecule has 0 unspecified atom stereocenters. The highest BCUT2D eigenvalue weighted by molar-refractivity contribution is 5.79. The van der Waals surface area contributed by atoms with Crippen LogP contribution in [0.3, 0.4) is 0 Å². The highest BCUT2D eigenvalue weighted by Gasteiger charge is 2.30. The Bertz CT molecular complexity index is 1250. The van der Waals surface area contributed by atoms with Crippen LogP contribution in [0.25, 0.3) is 22.5 Å². The molecule has 0 saturated carbocycles. The zero-order chi connectivity index (χ0) is 23.3. The van der Waals surface area contributed by atoms with E-state index in [0.717, 1.165) is 29.1 Å². The summed E-state index contributed by atoms with van der Waals surface area (Å²) in [6.45, 7) is 0.787. The van der Waals surface area contributed by atoms with Gasteiger partial charge in [-0.3, -0.25) is 0 Å². The van der Waals surface area contributed by atoms with E-state index in [1.165, 1.54) is 6.07 Å². The topological polar surface area (TPSA) is 115 Å². The smallest absolute Gasteiger partial charge is 0.368 e. The first kappa shape index (κ1) is 21.8. The molecule has 0 amide bonds. The fourth-order valence-corrected chi connectivity index (χ4v) is 3.02. The van der Waals surface area contributed by atoms with Crippen LogP contribution in [0.15, 0.2) is 61.3 Å². The van der Waals surface area contributed by atoms with Gasteiger partial charge in [0.15, 0.2) is 0 Å². The Morgan fingerprint density at radius 1 is 0.939 bits per heavy atom. The largest absolute Gasteiger partial charge is 0.417 e. The van der Waals surface area contributed by atoms with Gasteiger partial charge in [0, 0.05) is 36.6 Å². The third-order valence-electron chi connectivity index (χ3n) is 4.67. The molecule has 0 aliphatic carbocycles. The van der Waals surface area contributed by atoms with Crippen LogP contribution in [0, 0.1) is 11.3 Å². The van der Waals surface area contributed by atoms with Gasteiger partial charge in [-0.05, 0) is 24.3 Å².